The smallest absolute Gasteiger partial charge is 0.106 e. The quantitative estimate of drug-likeness (QED) is 0.504. The van der Waals surface area contributed by atoms with Crippen molar-refractivity contribution in [2.24, 2.45) is 0 Å². The Labute approximate surface area is 156 Å². The van der Waals surface area contributed by atoms with E-state index in [0.717, 1.165) is 21.8 Å². The van der Waals surface area contributed by atoms with Crippen molar-refractivity contribution in [1.82, 2.24) is 4.98 Å². The molecule has 0 spiro atoms. The molecule has 1 heterocycles. The summed E-state index contributed by atoms with van der Waals surface area (Å²) < 4.78 is 14.3. The molecule has 0 saturated heterocycles. The Balaban J connectivity index is 1.93. The van der Waals surface area contributed by atoms with Crippen molar-refractivity contribution >= 4 is 44.7 Å². The van der Waals surface area contributed by atoms with E-state index in [1.807, 2.05) is 67.6 Å². The Bertz CT molecular complexity index is 743. The van der Waals surface area contributed by atoms with Gasteiger partial charge in [0.1, 0.15) is 5.01 Å². The molecule has 5 heteroatoms. The second-order valence-corrected chi connectivity index (χ2v) is 9.61. The summed E-state index contributed by atoms with van der Waals surface area (Å²) in [6, 6.07) is 20.2. The van der Waals surface area contributed by atoms with Crippen LogP contribution < -0.4 is 0 Å². The minimum Gasteiger partial charge on any atom is -0.258 e. The standard InChI is InChI=1S/C18H16INOS2/c1-13-18(19)22-16(20-13)12-23(21)17(14-8-4-2-5-9-14)15-10-6-3-7-11-15/h2-11,17H,12H2,1H3. The summed E-state index contributed by atoms with van der Waals surface area (Å²) in [6.07, 6.45) is 0. The summed E-state index contributed by atoms with van der Waals surface area (Å²) in [6.45, 7) is 2.00. The van der Waals surface area contributed by atoms with Crippen LogP contribution in [0, 0.1) is 9.81 Å². The average Bonchev–Trinajstić information content (AvgIpc) is 2.87. The van der Waals surface area contributed by atoms with E-state index in [4.69, 9.17) is 0 Å². The molecule has 0 amide bonds. The van der Waals surface area contributed by atoms with Gasteiger partial charge in [0.2, 0.25) is 0 Å². The summed E-state index contributed by atoms with van der Waals surface area (Å²) in [4.78, 5) is 4.54. The molecule has 23 heavy (non-hydrogen) atoms. The van der Waals surface area contributed by atoms with Crippen molar-refractivity contribution in [3.63, 3.8) is 0 Å². The highest BCUT2D eigenvalue weighted by Crippen LogP contribution is 2.31. The maximum Gasteiger partial charge on any atom is 0.106 e. The molecule has 0 radical (unpaired) electrons. The molecule has 0 bridgehead atoms. The Morgan fingerprint density at radius 1 is 1.04 bits per heavy atom. The van der Waals surface area contributed by atoms with Crippen molar-refractivity contribution < 1.29 is 4.21 Å². The molecule has 2 nitrogen and oxygen atoms in total. The Kier molecular flexibility index (Phi) is 5.61. The number of thiazole rings is 1. The zero-order chi connectivity index (χ0) is 16.2. The van der Waals surface area contributed by atoms with Crippen molar-refractivity contribution in [2.45, 2.75) is 17.9 Å². The van der Waals surface area contributed by atoms with E-state index in [2.05, 4.69) is 27.6 Å². The van der Waals surface area contributed by atoms with Crippen LogP contribution >= 0.6 is 33.9 Å². The van der Waals surface area contributed by atoms with E-state index in [1.165, 1.54) is 2.88 Å². The van der Waals surface area contributed by atoms with Crippen LogP contribution in [0.25, 0.3) is 0 Å². The molecule has 1 aromatic heterocycles. The maximum atomic E-state index is 13.1. The van der Waals surface area contributed by atoms with Gasteiger partial charge in [0.25, 0.3) is 0 Å². The molecule has 1 unspecified atom stereocenters. The molecule has 0 aliphatic rings. The van der Waals surface area contributed by atoms with E-state index >= 15 is 0 Å². The summed E-state index contributed by atoms with van der Waals surface area (Å²) >= 11 is 3.92. The van der Waals surface area contributed by atoms with Crippen LogP contribution in [0.3, 0.4) is 0 Å². The Morgan fingerprint density at radius 2 is 1.57 bits per heavy atom. The third kappa shape index (κ3) is 4.08. The SMILES string of the molecule is Cc1nc(CS(=O)C(c2ccccc2)c2ccccc2)sc1I. The summed E-state index contributed by atoms with van der Waals surface area (Å²) in [5.41, 5.74) is 3.19. The molecule has 0 N–H and O–H groups in total. The van der Waals surface area contributed by atoms with Gasteiger partial charge in [0, 0.05) is 10.8 Å². The van der Waals surface area contributed by atoms with Gasteiger partial charge in [-0.05, 0) is 40.6 Å². The topological polar surface area (TPSA) is 30.0 Å². The van der Waals surface area contributed by atoms with Crippen LogP contribution in [0.15, 0.2) is 60.7 Å². The molecule has 0 aliphatic heterocycles. The molecule has 3 rings (SSSR count). The van der Waals surface area contributed by atoms with Gasteiger partial charge >= 0.3 is 0 Å². The van der Waals surface area contributed by atoms with Gasteiger partial charge in [-0.25, -0.2) is 4.98 Å². The largest absolute Gasteiger partial charge is 0.258 e. The van der Waals surface area contributed by atoms with E-state index < -0.39 is 10.8 Å². The van der Waals surface area contributed by atoms with Crippen molar-refractivity contribution in [3.05, 3.63) is 85.4 Å². The number of aryl methyl sites for hydroxylation is 1. The van der Waals surface area contributed by atoms with Crippen molar-refractivity contribution in [2.75, 3.05) is 0 Å². The molecule has 0 aliphatic carbocycles. The lowest BCUT2D eigenvalue weighted by atomic mass is 10.0. The number of benzene rings is 2. The number of hydrogen-bond acceptors (Lipinski definition) is 3. The predicted molar refractivity (Wildman–Crippen MR) is 106 cm³/mol. The van der Waals surface area contributed by atoms with Crippen LogP contribution in [-0.4, -0.2) is 9.19 Å². The predicted octanol–water partition coefficient (Wildman–Crippen LogP) is 5.09. The second kappa shape index (κ2) is 7.68. The highest BCUT2D eigenvalue weighted by atomic mass is 127. The van der Waals surface area contributed by atoms with Crippen LogP contribution in [0.4, 0.5) is 0 Å². The highest BCUT2D eigenvalue weighted by molar-refractivity contribution is 14.1. The molecular weight excluding hydrogens is 437 g/mol. The third-order valence-corrected chi connectivity index (χ3v) is 7.72. The molecule has 3 aromatic rings. The van der Waals surface area contributed by atoms with Gasteiger partial charge < -0.3 is 0 Å². The van der Waals surface area contributed by atoms with E-state index in [-0.39, 0.29) is 5.25 Å². The van der Waals surface area contributed by atoms with Crippen molar-refractivity contribution in [3.8, 4) is 0 Å². The van der Waals surface area contributed by atoms with Gasteiger partial charge in [0.15, 0.2) is 0 Å². The summed E-state index contributed by atoms with van der Waals surface area (Å²) in [5, 5.41) is 0.821. The molecular formula is C18H16INOS2. The minimum absolute atomic E-state index is 0.126. The van der Waals surface area contributed by atoms with Gasteiger partial charge in [0.05, 0.1) is 19.6 Å². The molecule has 0 fully saturated rings. The van der Waals surface area contributed by atoms with Gasteiger partial charge in [-0.1, -0.05) is 60.7 Å². The molecule has 118 valence electrons. The first-order valence-corrected chi connectivity index (χ1v) is 10.5. The van der Waals surface area contributed by atoms with E-state index in [1.54, 1.807) is 11.3 Å². The van der Waals surface area contributed by atoms with Crippen LogP contribution in [-0.2, 0) is 16.6 Å². The normalized spacial score (nSPS) is 12.5. The highest BCUT2D eigenvalue weighted by Gasteiger charge is 2.22. The Morgan fingerprint density at radius 3 is 2.00 bits per heavy atom. The van der Waals surface area contributed by atoms with Crippen LogP contribution in [0.1, 0.15) is 27.1 Å². The third-order valence-electron chi connectivity index (χ3n) is 3.52. The van der Waals surface area contributed by atoms with Gasteiger partial charge in [-0.2, -0.15) is 0 Å². The first-order valence-electron chi connectivity index (χ1n) is 7.24. The zero-order valence-electron chi connectivity index (χ0n) is 12.6. The number of halogens is 1. The Hall–Kier alpha value is -1.05. The number of nitrogens with zero attached hydrogens (tertiary/aromatic N) is 1. The van der Waals surface area contributed by atoms with E-state index in [0.29, 0.717) is 5.75 Å². The van der Waals surface area contributed by atoms with Gasteiger partial charge in [-0.15, -0.1) is 11.3 Å². The van der Waals surface area contributed by atoms with Crippen LogP contribution in [0.5, 0.6) is 0 Å². The monoisotopic (exact) mass is 453 g/mol. The minimum atomic E-state index is -1.06. The number of rotatable bonds is 5. The lowest BCUT2D eigenvalue weighted by molar-refractivity contribution is 0.677. The van der Waals surface area contributed by atoms with E-state index in [9.17, 15) is 4.21 Å². The fraction of sp³-hybridized carbons (Fsp3) is 0.167. The lowest BCUT2D eigenvalue weighted by Crippen LogP contribution is -2.10. The first kappa shape index (κ1) is 16.8. The summed E-state index contributed by atoms with van der Waals surface area (Å²) in [7, 11) is -1.06. The fourth-order valence-electron chi connectivity index (χ4n) is 2.45. The number of aromatic nitrogens is 1. The number of hydrogen-bond donors (Lipinski definition) is 0. The zero-order valence-corrected chi connectivity index (χ0v) is 16.4. The summed E-state index contributed by atoms with van der Waals surface area (Å²) in [5.74, 6) is 0.489. The van der Waals surface area contributed by atoms with Crippen LogP contribution in [0.2, 0.25) is 0 Å². The average molecular weight is 453 g/mol. The molecule has 0 saturated carbocycles. The first-order chi connectivity index (χ1) is 11.1. The lowest BCUT2D eigenvalue weighted by Gasteiger charge is -2.17. The second-order valence-electron chi connectivity index (χ2n) is 5.19. The van der Waals surface area contributed by atoms with Crippen molar-refractivity contribution in [1.29, 1.82) is 0 Å². The molecule has 2 aromatic carbocycles. The maximum absolute atomic E-state index is 13.1. The van der Waals surface area contributed by atoms with Gasteiger partial charge in [-0.3, -0.25) is 4.21 Å². The molecule has 1 atom stereocenters. The fourth-order valence-corrected chi connectivity index (χ4v) is 5.90.